The van der Waals surface area contributed by atoms with Crippen LogP contribution in [0, 0.1) is 6.92 Å². The van der Waals surface area contributed by atoms with Crippen LogP contribution in [0.1, 0.15) is 24.6 Å². The zero-order valence-electron chi connectivity index (χ0n) is 15.8. The molecule has 1 aromatic heterocycles. The van der Waals surface area contributed by atoms with Gasteiger partial charge in [-0.3, -0.25) is 9.48 Å². The van der Waals surface area contributed by atoms with E-state index in [2.05, 4.69) is 5.10 Å². The van der Waals surface area contributed by atoms with Crippen LogP contribution in [0.15, 0.2) is 34.1 Å². The molecule has 12 heteroatoms. The number of halogens is 4. The van der Waals surface area contributed by atoms with E-state index in [1.54, 1.807) is 0 Å². The fourth-order valence-corrected chi connectivity index (χ4v) is 5.68. The standard InChI is InChI=1S/C17H19ClF3N3O3S2/c1-4-24(29(26,27)15-11(2)22-23(3)16(15)18)14(25)8-9-28-13-7-5-6-12(10-13)17(19,20)21/h5-7,10H,4,8-9H2,1-3H3. The van der Waals surface area contributed by atoms with Gasteiger partial charge in [0.25, 0.3) is 10.0 Å². The Morgan fingerprint density at radius 2 is 2.00 bits per heavy atom. The number of hydrogen-bond donors (Lipinski definition) is 0. The Bertz CT molecular complexity index is 1010. The number of benzene rings is 1. The number of carbonyl (C=O) groups excluding carboxylic acids is 1. The molecule has 2 aromatic rings. The molecule has 160 valence electrons. The van der Waals surface area contributed by atoms with Crippen LogP contribution in [0.5, 0.6) is 0 Å². The third kappa shape index (κ3) is 5.26. The lowest BCUT2D eigenvalue weighted by atomic mass is 10.2. The van der Waals surface area contributed by atoms with Crippen LogP contribution in [0.3, 0.4) is 0 Å². The fraction of sp³-hybridized carbons (Fsp3) is 0.412. The van der Waals surface area contributed by atoms with Crippen molar-refractivity contribution in [1.82, 2.24) is 14.1 Å². The van der Waals surface area contributed by atoms with Crippen molar-refractivity contribution in [2.75, 3.05) is 12.3 Å². The molecule has 0 spiro atoms. The van der Waals surface area contributed by atoms with Crippen LogP contribution in [0.2, 0.25) is 5.15 Å². The van der Waals surface area contributed by atoms with Gasteiger partial charge in [-0.15, -0.1) is 11.8 Å². The largest absolute Gasteiger partial charge is 0.416 e. The number of aromatic nitrogens is 2. The first kappa shape index (κ1) is 23.6. The Balaban J connectivity index is 2.11. The van der Waals surface area contributed by atoms with Gasteiger partial charge in [0.1, 0.15) is 10.0 Å². The molecule has 0 radical (unpaired) electrons. The summed E-state index contributed by atoms with van der Waals surface area (Å²) >= 11 is 7.07. The number of alkyl halides is 3. The summed E-state index contributed by atoms with van der Waals surface area (Å²) in [6.07, 6.45) is -4.63. The Kier molecular flexibility index (Phi) is 7.28. The zero-order valence-corrected chi connectivity index (χ0v) is 18.2. The van der Waals surface area contributed by atoms with Crippen LogP contribution in [0.4, 0.5) is 13.2 Å². The van der Waals surface area contributed by atoms with Crippen molar-refractivity contribution in [2.45, 2.75) is 36.2 Å². The summed E-state index contributed by atoms with van der Waals surface area (Å²) in [7, 11) is -2.72. The smallest absolute Gasteiger partial charge is 0.274 e. The third-order valence-electron chi connectivity index (χ3n) is 3.96. The van der Waals surface area contributed by atoms with Crippen LogP contribution < -0.4 is 0 Å². The number of aryl methyl sites for hydroxylation is 2. The average molecular weight is 470 g/mol. The molecule has 1 aromatic carbocycles. The van der Waals surface area contributed by atoms with Gasteiger partial charge in [-0.2, -0.15) is 18.3 Å². The summed E-state index contributed by atoms with van der Waals surface area (Å²) in [6, 6.07) is 4.73. The molecule has 0 atom stereocenters. The van der Waals surface area contributed by atoms with Crippen molar-refractivity contribution in [3.05, 3.63) is 40.7 Å². The molecule has 0 aliphatic carbocycles. The first-order valence-corrected chi connectivity index (χ1v) is 11.2. The Labute approximate surface area is 176 Å². The highest BCUT2D eigenvalue weighted by Crippen LogP contribution is 2.32. The van der Waals surface area contributed by atoms with Crippen molar-refractivity contribution < 1.29 is 26.4 Å². The molecule has 0 bridgehead atoms. The maximum atomic E-state index is 12.9. The minimum absolute atomic E-state index is 0.105. The van der Waals surface area contributed by atoms with Crippen LogP contribution in [-0.4, -0.2) is 40.7 Å². The highest BCUT2D eigenvalue weighted by molar-refractivity contribution is 7.99. The highest BCUT2D eigenvalue weighted by Gasteiger charge is 2.34. The normalized spacial score (nSPS) is 12.2. The van der Waals surface area contributed by atoms with Crippen molar-refractivity contribution >= 4 is 39.3 Å². The summed E-state index contributed by atoms with van der Waals surface area (Å²) in [5.74, 6) is -0.558. The van der Waals surface area contributed by atoms with E-state index in [9.17, 15) is 26.4 Å². The topological polar surface area (TPSA) is 72.3 Å². The quantitative estimate of drug-likeness (QED) is 0.570. The van der Waals surface area contributed by atoms with E-state index < -0.39 is 27.7 Å². The molecular formula is C17H19ClF3N3O3S2. The highest BCUT2D eigenvalue weighted by atomic mass is 35.5. The number of nitrogens with zero attached hydrogens (tertiary/aromatic N) is 3. The summed E-state index contributed by atoms with van der Waals surface area (Å²) in [6.45, 7) is 2.87. The fourth-order valence-electron chi connectivity index (χ4n) is 2.64. The Morgan fingerprint density at radius 1 is 1.34 bits per heavy atom. The number of sulfonamides is 1. The lowest BCUT2D eigenvalue weighted by Gasteiger charge is -2.20. The monoisotopic (exact) mass is 469 g/mol. The van der Waals surface area contributed by atoms with Crippen molar-refractivity contribution in [3.8, 4) is 0 Å². The lowest BCUT2D eigenvalue weighted by molar-refractivity contribution is -0.137. The SMILES string of the molecule is CCN(C(=O)CCSc1cccc(C(F)(F)F)c1)S(=O)(=O)c1c(C)nn(C)c1Cl. The molecule has 0 fully saturated rings. The minimum Gasteiger partial charge on any atom is -0.274 e. The van der Waals surface area contributed by atoms with Crippen LogP contribution in [0.25, 0.3) is 0 Å². The molecule has 6 nitrogen and oxygen atoms in total. The van der Waals surface area contributed by atoms with E-state index in [0.29, 0.717) is 9.20 Å². The van der Waals surface area contributed by atoms with Gasteiger partial charge >= 0.3 is 6.18 Å². The van der Waals surface area contributed by atoms with Gasteiger partial charge in [-0.05, 0) is 32.0 Å². The number of hydrogen-bond acceptors (Lipinski definition) is 5. The van der Waals surface area contributed by atoms with Gasteiger partial charge in [0.05, 0.1) is 11.3 Å². The Hall–Kier alpha value is -1.72. The maximum absolute atomic E-state index is 12.9. The van der Waals surface area contributed by atoms with Crippen molar-refractivity contribution in [2.24, 2.45) is 7.05 Å². The first-order valence-electron chi connectivity index (χ1n) is 8.44. The van der Waals surface area contributed by atoms with E-state index in [1.807, 2.05) is 0 Å². The minimum atomic E-state index is -4.46. The number of rotatable bonds is 7. The van der Waals surface area contributed by atoms with Gasteiger partial charge in [-0.25, -0.2) is 12.7 Å². The van der Waals surface area contributed by atoms with Gasteiger partial charge < -0.3 is 0 Å². The predicted molar refractivity (Wildman–Crippen MR) is 104 cm³/mol. The van der Waals surface area contributed by atoms with E-state index in [1.165, 1.54) is 37.7 Å². The molecule has 1 heterocycles. The summed E-state index contributed by atoms with van der Waals surface area (Å²) < 4.78 is 66.0. The van der Waals surface area contributed by atoms with Gasteiger partial charge in [0.15, 0.2) is 0 Å². The van der Waals surface area contributed by atoms with Crippen molar-refractivity contribution in [3.63, 3.8) is 0 Å². The summed E-state index contributed by atoms with van der Waals surface area (Å²) in [5, 5.41) is 3.85. The second-order valence-electron chi connectivity index (χ2n) is 6.02. The predicted octanol–water partition coefficient (Wildman–Crippen LogP) is 4.12. The number of carbonyl (C=O) groups is 1. The molecule has 0 saturated carbocycles. The van der Waals surface area contributed by atoms with Gasteiger partial charge in [0.2, 0.25) is 5.91 Å². The van der Waals surface area contributed by atoms with E-state index >= 15 is 0 Å². The van der Waals surface area contributed by atoms with Crippen LogP contribution in [-0.2, 0) is 28.0 Å². The molecule has 1 amide bonds. The van der Waals surface area contributed by atoms with E-state index in [-0.39, 0.29) is 34.5 Å². The third-order valence-corrected chi connectivity index (χ3v) is 7.55. The number of amides is 1. The second kappa shape index (κ2) is 8.97. The molecule has 0 N–H and O–H groups in total. The Morgan fingerprint density at radius 3 is 2.52 bits per heavy atom. The van der Waals surface area contributed by atoms with Gasteiger partial charge in [0, 0.05) is 30.7 Å². The number of thioether (sulfide) groups is 1. The molecule has 0 aliphatic heterocycles. The second-order valence-corrected chi connectivity index (χ2v) is 9.34. The van der Waals surface area contributed by atoms with Gasteiger partial charge in [-0.1, -0.05) is 17.7 Å². The van der Waals surface area contributed by atoms with Crippen LogP contribution >= 0.6 is 23.4 Å². The molecule has 0 unspecified atom stereocenters. The summed E-state index contributed by atoms with van der Waals surface area (Å²) in [5.41, 5.74) is -0.615. The average Bonchev–Trinajstić information content (AvgIpc) is 2.87. The molecule has 0 saturated heterocycles. The van der Waals surface area contributed by atoms with E-state index in [0.717, 1.165) is 23.9 Å². The first-order chi connectivity index (χ1) is 13.4. The molecule has 0 aliphatic rings. The molecule has 29 heavy (non-hydrogen) atoms. The van der Waals surface area contributed by atoms with E-state index in [4.69, 9.17) is 11.6 Å². The summed E-state index contributed by atoms with van der Waals surface area (Å²) in [4.78, 5) is 12.6. The molecular weight excluding hydrogens is 451 g/mol. The molecule has 2 rings (SSSR count). The van der Waals surface area contributed by atoms with Crippen molar-refractivity contribution in [1.29, 1.82) is 0 Å². The maximum Gasteiger partial charge on any atom is 0.416 e. The zero-order chi connectivity index (χ0) is 22.0. The lowest BCUT2D eigenvalue weighted by Crippen LogP contribution is -2.37.